The molecule has 0 saturated heterocycles. The lowest BCUT2D eigenvalue weighted by Crippen LogP contribution is -2.09. The Morgan fingerprint density at radius 2 is 1.56 bits per heavy atom. The van der Waals surface area contributed by atoms with Crippen LogP contribution in [0.5, 0.6) is 0 Å². The molecular formula is C15H28O. The normalized spacial score (nSPS) is 12.4. The maximum absolute atomic E-state index is 5.84. The largest absolute Gasteiger partial charge is 0.466 e. The number of hydrogen-bond acceptors (Lipinski definition) is 1. The molecule has 0 unspecified atom stereocenters. The average Bonchev–Trinajstić information content (AvgIpc) is 2.45. The standard InChI is InChI=1S/C14H24O.CH4/c1-13(2,3)10-9-11-7-8-12(15-11)14(4,5)6;/h7-8H,9-10H2,1-6H3;1H4. The van der Waals surface area contributed by atoms with Crippen molar-refractivity contribution in [2.75, 3.05) is 0 Å². The van der Waals surface area contributed by atoms with Gasteiger partial charge in [0.05, 0.1) is 0 Å². The third-order valence-corrected chi connectivity index (χ3v) is 2.52. The van der Waals surface area contributed by atoms with Crippen LogP contribution < -0.4 is 0 Å². The van der Waals surface area contributed by atoms with Crippen LogP contribution in [0.25, 0.3) is 0 Å². The van der Waals surface area contributed by atoms with Crippen molar-refractivity contribution >= 4 is 0 Å². The lowest BCUT2D eigenvalue weighted by atomic mass is 9.90. The highest BCUT2D eigenvalue weighted by atomic mass is 16.3. The minimum Gasteiger partial charge on any atom is -0.466 e. The van der Waals surface area contributed by atoms with Gasteiger partial charge in [0.1, 0.15) is 11.5 Å². The molecule has 0 amide bonds. The Hall–Kier alpha value is -0.720. The first-order chi connectivity index (χ1) is 6.68. The highest BCUT2D eigenvalue weighted by Gasteiger charge is 2.18. The molecule has 0 aliphatic carbocycles. The van der Waals surface area contributed by atoms with E-state index in [-0.39, 0.29) is 12.8 Å². The summed E-state index contributed by atoms with van der Waals surface area (Å²) in [5.41, 5.74) is 0.509. The Bertz CT molecular complexity index is 307. The number of aryl methyl sites for hydroxylation is 1. The van der Waals surface area contributed by atoms with E-state index < -0.39 is 0 Å². The Morgan fingerprint density at radius 1 is 1.00 bits per heavy atom. The van der Waals surface area contributed by atoms with Gasteiger partial charge in [-0.3, -0.25) is 0 Å². The summed E-state index contributed by atoms with van der Waals surface area (Å²) >= 11 is 0. The first-order valence-corrected chi connectivity index (χ1v) is 5.78. The smallest absolute Gasteiger partial charge is 0.109 e. The van der Waals surface area contributed by atoms with Gasteiger partial charge in [0, 0.05) is 11.8 Å². The van der Waals surface area contributed by atoms with Crippen LogP contribution in [0.4, 0.5) is 0 Å². The van der Waals surface area contributed by atoms with Crippen molar-refractivity contribution < 1.29 is 4.42 Å². The van der Waals surface area contributed by atoms with Crippen molar-refractivity contribution in [1.82, 2.24) is 0 Å². The van der Waals surface area contributed by atoms with E-state index in [9.17, 15) is 0 Å². The molecule has 0 aliphatic heterocycles. The summed E-state index contributed by atoms with van der Waals surface area (Å²) in [6, 6.07) is 4.23. The lowest BCUT2D eigenvalue weighted by Gasteiger charge is -2.17. The molecule has 0 fully saturated rings. The van der Waals surface area contributed by atoms with E-state index in [1.54, 1.807) is 0 Å². The van der Waals surface area contributed by atoms with E-state index in [4.69, 9.17) is 4.42 Å². The number of hydrogen-bond donors (Lipinski definition) is 0. The fourth-order valence-electron chi connectivity index (χ4n) is 1.41. The summed E-state index contributed by atoms with van der Waals surface area (Å²) in [6.45, 7) is 13.3. The van der Waals surface area contributed by atoms with Gasteiger partial charge in [-0.2, -0.15) is 0 Å². The maximum Gasteiger partial charge on any atom is 0.109 e. The molecule has 0 bridgehead atoms. The van der Waals surface area contributed by atoms with E-state index in [2.05, 4.69) is 53.7 Å². The second kappa shape index (κ2) is 5.07. The van der Waals surface area contributed by atoms with E-state index in [1.165, 1.54) is 6.42 Å². The first kappa shape index (κ1) is 15.3. The summed E-state index contributed by atoms with van der Waals surface area (Å²) in [5.74, 6) is 2.21. The first-order valence-electron chi connectivity index (χ1n) is 5.78. The van der Waals surface area contributed by atoms with Crippen molar-refractivity contribution in [3.63, 3.8) is 0 Å². The van der Waals surface area contributed by atoms with Crippen molar-refractivity contribution in [3.05, 3.63) is 23.7 Å². The molecule has 16 heavy (non-hydrogen) atoms. The molecule has 1 aromatic heterocycles. The third kappa shape index (κ3) is 4.87. The van der Waals surface area contributed by atoms with Crippen molar-refractivity contribution in [2.24, 2.45) is 5.41 Å². The minimum absolute atomic E-state index is 0. The van der Waals surface area contributed by atoms with Gasteiger partial charge in [-0.25, -0.2) is 0 Å². The van der Waals surface area contributed by atoms with Crippen LogP contribution >= 0.6 is 0 Å². The van der Waals surface area contributed by atoms with Crippen LogP contribution in [0.2, 0.25) is 0 Å². The van der Waals surface area contributed by atoms with Gasteiger partial charge < -0.3 is 4.42 Å². The molecule has 1 heteroatoms. The number of furan rings is 1. The fraction of sp³-hybridized carbons (Fsp3) is 0.733. The summed E-state index contributed by atoms with van der Waals surface area (Å²) < 4.78 is 5.84. The van der Waals surface area contributed by atoms with Gasteiger partial charge in [-0.1, -0.05) is 49.0 Å². The van der Waals surface area contributed by atoms with Crippen LogP contribution in [0, 0.1) is 5.41 Å². The van der Waals surface area contributed by atoms with Crippen LogP contribution in [0.1, 0.15) is 66.9 Å². The molecule has 0 saturated carbocycles. The zero-order chi connectivity index (χ0) is 11.7. The topological polar surface area (TPSA) is 13.1 Å². The van der Waals surface area contributed by atoms with Crippen molar-refractivity contribution in [2.45, 2.75) is 67.2 Å². The Morgan fingerprint density at radius 3 is 1.94 bits per heavy atom. The average molecular weight is 224 g/mol. The van der Waals surface area contributed by atoms with Crippen LogP contribution in [0.15, 0.2) is 16.5 Å². The van der Waals surface area contributed by atoms with Gasteiger partial charge >= 0.3 is 0 Å². The monoisotopic (exact) mass is 224 g/mol. The van der Waals surface area contributed by atoms with Gasteiger partial charge in [-0.05, 0) is 24.0 Å². The summed E-state index contributed by atoms with van der Waals surface area (Å²) in [5, 5.41) is 0. The summed E-state index contributed by atoms with van der Waals surface area (Å²) in [6.07, 6.45) is 2.21. The molecule has 0 spiro atoms. The molecular weight excluding hydrogens is 196 g/mol. The molecule has 1 rings (SSSR count). The zero-order valence-corrected chi connectivity index (χ0v) is 11.0. The predicted octanol–water partition coefficient (Wildman–Crippen LogP) is 5.19. The van der Waals surface area contributed by atoms with Gasteiger partial charge in [0.15, 0.2) is 0 Å². The molecule has 0 radical (unpaired) electrons. The predicted molar refractivity (Wildman–Crippen MR) is 71.9 cm³/mol. The second-order valence-electron chi connectivity index (χ2n) is 6.58. The maximum atomic E-state index is 5.84. The molecule has 1 nitrogen and oxygen atoms in total. The number of rotatable bonds is 2. The van der Waals surface area contributed by atoms with Crippen molar-refractivity contribution in [1.29, 1.82) is 0 Å². The second-order valence-corrected chi connectivity index (χ2v) is 6.58. The molecule has 0 aliphatic rings. The minimum atomic E-state index is 0. The van der Waals surface area contributed by atoms with Gasteiger partial charge in [0.25, 0.3) is 0 Å². The van der Waals surface area contributed by atoms with E-state index >= 15 is 0 Å². The molecule has 0 N–H and O–H groups in total. The highest BCUT2D eigenvalue weighted by molar-refractivity contribution is 5.14. The van der Waals surface area contributed by atoms with Crippen LogP contribution in [-0.2, 0) is 11.8 Å². The van der Waals surface area contributed by atoms with Crippen LogP contribution in [0.3, 0.4) is 0 Å². The summed E-state index contributed by atoms with van der Waals surface area (Å²) in [4.78, 5) is 0. The third-order valence-electron chi connectivity index (χ3n) is 2.52. The molecule has 1 aromatic rings. The van der Waals surface area contributed by atoms with E-state index in [0.29, 0.717) is 5.41 Å². The highest BCUT2D eigenvalue weighted by Crippen LogP contribution is 2.27. The van der Waals surface area contributed by atoms with Gasteiger partial charge in [-0.15, -0.1) is 0 Å². The Labute approximate surface area is 101 Å². The SMILES string of the molecule is C.CC(C)(C)CCc1ccc(C(C)(C)C)o1. The van der Waals surface area contributed by atoms with E-state index in [0.717, 1.165) is 17.9 Å². The molecule has 94 valence electrons. The molecule has 1 heterocycles. The zero-order valence-electron chi connectivity index (χ0n) is 11.0. The van der Waals surface area contributed by atoms with Crippen molar-refractivity contribution in [3.8, 4) is 0 Å². The quantitative estimate of drug-likeness (QED) is 0.673. The molecule has 0 aromatic carbocycles. The Kier molecular flexibility index (Phi) is 4.85. The lowest BCUT2D eigenvalue weighted by molar-refractivity contribution is 0.340. The summed E-state index contributed by atoms with van der Waals surface area (Å²) in [7, 11) is 0. The molecule has 0 atom stereocenters. The fourth-order valence-corrected chi connectivity index (χ4v) is 1.41. The Balaban J connectivity index is 0.00000225. The van der Waals surface area contributed by atoms with Crippen LogP contribution in [-0.4, -0.2) is 0 Å². The van der Waals surface area contributed by atoms with E-state index in [1.807, 2.05) is 0 Å². The van der Waals surface area contributed by atoms with Gasteiger partial charge in [0.2, 0.25) is 0 Å².